The minimum Gasteiger partial charge on any atom is -0.354 e. The van der Waals surface area contributed by atoms with Gasteiger partial charge in [-0.25, -0.2) is 0 Å². The molecule has 0 atom stereocenters. The van der Waals surface area contributed by atoms with Gasteiger partial charge in [0.2, 0.25) is 0 Å². The summed E-state index contributed by atoms with van der Waals surface area (Å²) < 4.78 is 0. The molecule has 4 aliphatic rings. The quantitative estimate of drug-likeness (QED) is 0.588. The van der Waals surface area contributed by atoms with Gasteiger partial charge in [0.1, 0.15) is 5.49 Å². The van der Waals surface area contributed by atoms with E-state index in [0.717, 1.165) is 30.7 Å². The van der Waals surface area contributed by atoms with Crippen molar-refractivity contribution in [3.8, 4) is 0 Å². The van der Waals surface area contributed by atoms with Crippen molar-refractivity contribution in [3.63, 3.8) is 0 Å². The molecule has 1 nitrogen and oxygen atoms in total. The van der Waals surface area contributed by atoms with Crippen LogP contribution in [0.25, 0.3) is 0 Å². The summed E-state index contributed by atoms with van der Waals surface area (Å²) in [6, 6.07) is 10.8. The smallest absolute Gasteiger partial charge is 0.137 e. The molecule has 2 heteroatoms. The number of thiocarbonyl (C=S) groups is 1. The Labute approximate surface area is 133 Å². The highest BCUT2D eigenvalue weighted by molar-refractivity contribution is 7.78. The van der Waals surface area contributed by atoms with E-state index in [0.29, 0.717) is 5.54 Å². The summed E-state index contributed by atoms with van der Waals surface area (Å²) >= 11 is 5.30. The molecule has 0 aromatic heterocycles. The van der Waals surface area contributed by atoms with Crippen LogP contribution in [0.5, 0.6) is 0 Å². The fourth-order valence-electron chi connectivity index (χ4n) is 5.66. The van der Waals surface area contributed by atoms with Gasteiger partial charge in [0, 0.05) is 12.1 Å². The zero-order chi connectivity index (χ0) is 14.3. The predicted molar refractivity (Wildman–Crippen MR) is 90.4 cm³/mol. The minimum absolute atomic E-state index is 0.366. The number of benzene rings is 1. The van der Waals surface area contributed by atoms with Gasteiger partial charge in [-0.3, -0.25) is 0 Å². The van der Waals surface area contributed by atoms with Crippen LogP contribution in [0.3, 0.4) is 0 Å². The summed E-state index contributed by atoms with van der Waals surface area (Å²) in [5.41, 5.74) is 4.93. The van der Waals surface area contributed by atoms with Gasteiger partial charge in [-0.05, 0) is 68.3 Å². The second-order valence-corrected chi connectivity index (χ2v) is 7.80. The van der Waals surface area contributed by atoms with Gasteiger partial charge in [-0.1, -0.05) is 42.5 Å². The fourth-order valence-corrected chi connectivity index (χ4v) is 5.95. The number of hydrogen-bond donors (Lipinski definition) is 0. The van der Waals surface area contributed by atoms with Crippen LogP contribution < -0.4 is 0 Å². The molecule has 4 fully saturated rings. The van der Waals surface area contributed by atoms with Crippen molar-refractivity contribution in [3.05, 3.63) is 35.9 Å². The molecule has 21 heavy (non-hydrogen) atoms. The maximum Gasteiger partial charge on any atom is 0.137 e. The second-order valence-electron chi connectivity index (χ2n) is 7.62. The van der Waals surface area contributed by atoms with Crippen molar-refractivity contribution in [2.24, 2.45) is 17.8 Å². The Balaban J connectivity index is 1.49. The van der Waals surface area contributed by atoms with Crippen LogP contribution in [0.1, 0.15) is 44.1 Å². The highest BCUT2D eigenvalue weighted by Gasteiger charge is 2.53. The first-order valence-electron chi connectivity index (χ1n) is 8.47. The van der Waals surface area contributed by atoms with E-state index < -0.39 is 0 Å². The predicted octanol–water partition coefficient (Wildman–Crippen LogP) is 4.33. The highest BCUT2D eigenvalue weighted by atomic mass is 32.1. The van der Waals surface area contributed by atoms with E-state index in [2.05, 4.69) is 40.7 Å². The first-order valence-corrected chi connectivity index (χ1v) is 8.87. The Morgan fingerprint density at radius 2 is 1.57 bits per heavy atom. The van der Waals surface area contributed by atoms with E-state index in [4.69, 9.17) is 12.2 Å². The molecule has 4 bridgehead atoms. The van der Waals surface area contributed by atoms with E-state index in [1.807, 2.05) is 0 Å². The average molecular weight is 298 g/mol. The summed E-state index contributed by atoms with van der Waals surface area (Å²) in [4.78, 5) is 2.43. The molecule has 0 aliphatic heterocycles. The Hall–Kier alpha value is -0.890. The maximum absolute atomic E-state index is 5.30. The summed E-state index contributed by atoms with van der Waals surface area (Å²) in [5, 5.41) is 0. The van der Waals surface area contributed by atoms with Gasteiger partial charge in [0.25, 0.3) is 0 Å². The van der Waals surface area contributed by atoms with Gasteiger partial charge in [0.15, 0.2) is 0 Å². The van der Waals surface area contributed by atoms with Crippen molar-refractivity contribution in [2.45, 2.75) is 50.5 Å². The molecule has 0 unspecified atom stereocenters. The normalized spacial score (nSPS) is 36.7. The van der Waals surface area contributed by atoms with Crippen molar-refractivity contribution in [1.29, 1.82) is 0 Å². The molecule has 111 valence electrons. The Morgan fingerprint density at radius 3 is 2.10 bits per heavy atom. The van der Waals surface area contributed by atoms with Crippen LogP contribution in [0.15, 0.2) is 30.3 Å². The van der Waals surface area contributed by atoms with E-state index in [1.165, 1.54) is 44.1 Å². The van der Waals surface area contributed by atoms with Gasteiger partial charge in [-0.15, -0.1) is 0 Å². The van der Waals surface area contributed by atoms with Crippen LogP contribution in [0, 0.1) is 17.8 Å². The summed E-state index contributed by atoms with van der Waals surface area (Å²) in [6.45, 7) is 1.04. The molecule has 5 rings (SSSR count). The second kappa shape index (κ2) is 5.39. The lowest BCUT2D eigenvalue weighted by Crippen LogP contribution is -2.59. The monoisotopic (exact) mass is 298 g/mol. The molecular weight excluding hydrogens is 274 g/mol. The largest absolute Gasteiger partial charge is 0.354 e. The van der Waals surface area contributed by atoms with Crippen LogP contribution >= 0.6 is 12.2 Å². The lowest BCUT2D eigenvalue weighted by molar-refractivity contribution is -0.0593. The molecular formula is C19H24NS. The molecule has 0 spiro atoms. The molecule has 1 aromatic rings. The van der Waals surface area contributed by atoms with Gasteiger partial charge < -0.3 is 4.90 Å². The fraction of sp³-hybridized carbons (Fsp3) is 0.632. The van der Waals surface area contributed by atoms with Crippen molar-refractivity contribution < 1.29 is 0 Å². The first-order chi connectivity index (χ1) is 10.3. The van der Waals surface area contributed by atoms with Crippen LogP contribution in [-0.4, -0.2) is 22.5 Å². The molecule has 0 saturated heterocycles. The summed E-state index contributed by atoms with van der Waals surface area (Å²) in [6.07, 6.45) is 9.67. The van der Waals surface area contributed by atoms with Crippen LogP contribution in [0.4, 0.5) is 0 Å². The van der Waals surface area contributed by atoms with Gasteiger partial charge in [0.05, 0.1) is 0 Å². The molecule has 1 aromatic carbocycles. The number of hydrogen-bond acceptors (Lipinski definition) is 1. The van der Waals surface area contributed by atoms with Crippen LogP contribution in [0.2, 0.25) is 0 Å². The van der Waals surface area contributed by atoms with Gasteiger partial charge in [-0.2, -0.15) is 0 Å². The Morgan fingerprint density at radius 1 is 1.00 bits per heavy atom. The first kappa shape index (κ1) is 13.8. The lowest BCUT2D eigenvalue weighted by Gasteiger charge is -2.60. The van der Waals surface area contributed by atoms with E-state index in [-0.39, 0.29) is 0 Å². The van der Waals surface area contributed by atoms with Crippen molar-refractivity contribution >= 4 is 17.7 Å². The third-order valence-electron chi connectivity index (χ3n) is 6.16. The third-order valence-corrected chi connectivity index (χ3v) is 6.38. The van der Waals surface area contributed by atoms with Gasteiger partial charge >= 0.3 is 0 Å². The molecule has 0 N–H and O–H groups in total. The van der Waals surface area contributed by atoms with Crippen molar-refractivity contribution in [2.75, 3.05) is 6.54 Å². The standard InChI is InChI=1S/C19H24NS/c21-14-20(7-6-15-4-2-1-3-5-15)19-11-16-8-17(12-19)10-18(9-16)13-19/h1-5,16-18H,6-13H2. The minimum atomic E-state index is 0.366. The molecule has 0 heterocycles. The Bertz CT molecular complexity index is 474. The van der Waals surface area contributed by atoms with E-state index in [9.17, 15) is 0 Å². The Kier molecular flexibility index (Phi) is 3.53. The topological polar surface area (TPSA) is 3.24 Å². The van der Waals surface area contributed by atoms with Crippen molar-refractivity contribution in [1.82, 2.24) is 4.90 Å². The average Bonchev–Trinajstić information content (AvgIpc) is 2.47. The van der Waals surface area contributed by atoms with Crippen LogP contribution in [-0.2, 0) is 6.42 Å². The summed E-state index contributed by atoms with van der Waals surface area (Å²) in [5.74, 6) is 2.91. The molecule has 4 aliphatic carbocycles. The number of nitrogens with zero attached hydrogens (tertiary/aromatic N) is 1. The SMILES string of the molecule is S=[C]N(CCc1ccccc1)C12CC3CC(CC(C3)C1)C2. The van der Waals surface area contributed by atoms with E-state index >= 15 is 0 Å². The lowest BCUT2D eigenvalue weighted by atomic mass is 9.52. The number of rotatable bonds is 5. The molecule has 0 amide bonds. The van der Waals surface area contributed by atoms with E-state index in [1.54, 1.807) is 0 Å². The molecule has 4 saturated carbocycles. The molecule has 1 radical (unpaired) electrons. The summed E-state index contributed by atoms with van der Waals surface area (Å²) in [7, 11) is 0. The third kappa shape index (κ3) is 2.52. The highest BCUT2D eigenvalue weighted by Crippen LogP contribution is 2.57. The maximum atomic E-state index is 5.30. The zero-order valence-corrected chi connectivity index (χ0v) is 13.4. The zero-order valence-electron chi connectivity index (χ0n) is 12.6.